The van der Waals surface area contributed by atoms with E-state index in [0.29, 0.717) is 57.6 Å². The Morgan fingerprint density at radius 2 is 1.84 bits per heavy atom. The summed E-state index contributed by atoms with van der Waals surface area (Å²) < 4.78 is 13.5. The minimum Gasteiger partial charge on any atom is -0.352 e. The number of amides is 3. The maximum absolute atomic E-state index is 13.7. The first kappa shape index (κ1) is 25.2. The van der Waals surface area contributed by atoms with Crippen molar-refractivity contribution < 1.29 is 18.6 Å². The molecule has 3 aromatic rings. The van der Waals surface area contributed by atoms with Crippen LogP contribution in [0.2, 0.25) is 5.02 Å². The molecule has 9 heteroatoms. The Bertz CT molecular complexity index is 1410. The Labute approximate surface area is 222 Å². The Kier molecular flexibility index (Phi) is 7.39. The van der Waals surface area contributed by atoms with E-state index >= 15 is 0 Å². The standard InChI is InChI=1S/C28H26ClN3O4S/c29-21-7-3-6-19(16-21)18-32-23-17-20(27(34)30-13-5-15-31-14-4-10-26(31)33)11-12-25(23)37(36)24-9-2-1-8-22(24)28(32)35/h1-3,6-9,11-12,16-17H,4-5,10,13-15,18H2,(H,30,34). The molecule has 2 aliphatic rings. The third-order valence-electron chi connectivity index (χ3n) is 6.57. The molecule has 1 atom stereocenters. The molecule has 0 aliphatic carbocycles. The van der Waals surface area contributed by atoms with Crippen molar-refractivity contribution >= 4 is 45.8 Å². The fourth-order valence-electron chi connectivity index (χ4n) is 4.69. The number of anilines is 1. The van der Waals surface area contributed by atoms with Crippen LogP contribution in [0.4, 0.5) is 5.69 Å². The third kappa shape index (κ3) is 5.31. The Morgan fingerprint density at radius 1 is 1.00 bits per heavy atom. The molecule has 190 valence electrons. The van der Waals surface area contributed by atoms with Gasteiger partial charge in [-0.15, -0.1) is 0 Å². The first-order chi connectivity index (χ1) is 17.9. The molecule has 1 N–H and O–H groups in total. The number of hydrogen-bond acceptors (Lipinski definition) is 4. The summed E-state index contributed by atoms with van der Waals surface area (Å²) in [5, 5.41) is 3.45. The van der Waals surface area contributed by atoms with Crippen LogP contribution in [0.25, 0.3) is 0 Å². The first-order valence-corrected chi connectivity index (χ1v) is 13.7. The van der Waals surface area contributed by atoms with Crippen LogP contribution in [0, 0.1) is 0 Å². The summed E-state index contributed by atoms with van der Waals surface area (Å²) >= 11 is 6.19. The summed E-state index contributed by atoms with van der Waals surface area (Å²) in [5.74, 6) is -0.427. The van der Waals surface area contributed by atoms with Gasteiger partial charge in [-0.25, -0.2) is 4.21 Å². The molecule has 1 saturated heterocycles. The molecule has 0 saturated carbocycles. The molecular formula is C28H26ClN3O4S. The molecular weight excluding hydrogens is 510 g/mol. The van der Waals surface area contributed by atoms with E-state index in [1.807, 2.05) is 17.0 Å². The van der Waals surface area contributed by atoms with Gasteiger partial charge in [0.05, 0.1) is 38.4 Å². The van der Waals surface area contributed by atoms with E-state index in [1.165, 1.54) is 0 Å². The second-order valence-electron chi connectivity index (χ2n) is 9.06. The number of nitrogens with one attached hydrogen (secondary N) is 1. The lowest BCUT2D eigenvalue weighted by Gasteiger charge is -2.24. The van der Waals surface area contributed by atoms with Crippen molar-refractivity contribution in [2.45, 2.75) is 35.6 Å². The molecule has 37 heavy (non-hydrogen) atoms. The van der Waals surface area contributed by atoms with Gasteiger partial charge in [-0.05, 0) is 60.9 Å². The molecule has 7 nitrogen and oxygen atoms in total. The Hall–Kier alpha value is -3.49. The van der Waals surface area contributed by atoms with Crippen molar-refractivity contribution in [2.75, 3.05) is 24.5 Å². The second kappa shape index (κ2) is 10.9. The van der Waals surface area contributed by atoms with E-state index in [0.717, 1.165) is 18.5 Å². The van der Waals surface area contributed by atoms with Gasteiger partial charge < -0.3 is 15.1 Å². The molecule has 1 unspecified atom stereocenters. The van der Waals surface area contributed by atoms with E-state index < -0.39 is 10.8 Å². The molecule has 2 heterocycles. The number of likely N-dealkylation sites (tertiary alicyclic amines) is 1. The van der Waals surface area contributed by atoms with Crippen molar-refractivity contribution in [1.29, 1.82) is 0 Å². The van der Waals surface area contributed by atoms with Gasteiger partial charge in [-0.3, -0.25) is 14.4 Å². The minimum atomic E-state index is -1.60. The summed E-state index contributed by atoms with van der Waals surface area (Å²) in [5.41, 5.74) is 1.96. The lowest BCUT2D eigenvalue weighted by atomic mass is 10.1. The zero-order valence-corrected chi connectivity index (χ0v) is 21.7. The number of hydrogen-bond donors (Lipinski definition) is 1. The zero-order valence-electron chi connectivity index (χ0n) is 20.1. The molecule has 0 radical (unpaired) electrons. The number of nitrogens with zero attached hydrogens (tertiary/aromatic N) is 2. The van der Waals surface area contributed by atoms with Crippen molar-refractivity contribution in [3.63, 3.8) is 0 Å². The second-order valence-corrected chi connectivity index (χ2v) is 10.9. The molecule has 5 rings (SSSR count). The van der Waals surface area contributed by atoms with E-state index in [-0.39, 0.29) is 24.3 Å². The number of carbonyl (C=O) groups is 3. The first-order valence-electron chi connectivity index (χ1n) is 12.2. The molecule has 1 fully saturated rings. The van der Waals surface area contributed by atoms with Crippen molar-refractivity contribution in [3.05, 3.63) is 88.4 Å². The number of halogens is 1. The number of rotatable bonds is 7. The molecule has 3 amide bonds. The normalized spacial score (nSPS) is 16.8. The van der Waals surface area contributed by atoms with Crippen LogP contribution in [0.3, 0.4) is 0 Å². The Morgan fingerprint density at radius 3 is 2.62 bits per heavy atom. The van der Waals surface area contributed by atoms with Crippen LogP contribution < -0.4 is 10.2 Å². The summed E-state index contributed by atoms with van der Waals surface area (Å²) in [4.78, 5) is 42.7. The molecule has 0 spiro atoms. The highest BCUT2D eigenvalue weighted by molar-refractivity contribution is 7.85. The number of fused-ring (bicyclic) bond motifs is 2. The van der Waals surface area contributed by atoms with Crippen LogP contribution in [0.1, 0.15) is 45.5 Å². The van der Waals surface area contributed by atoms with Crippen LogP contribution in [-0.4, -0.2) is 46.5 Å². The average Bonchev–Trinajstić information content (AvgIpc) is 3.29. The van der Waals surface area contributed by atoms with Gasteiger partial charge in [0.1, 0.15) is 0 Å². The van der Waals surface area contributed by atoms with Crippen LogP contribution in [0.15, 0.2) is 76.5 Å². The zero-order chi connectivity index (χ0) is 25.9. The van der Waals surface area contributed by atoms with Crippen molar-refractivity contribution in [1.82, 2.24) is 10.2 Å². The van der Waals surface area contributed by atoms with Crippen LogP contribution in [0.5, 0.6) is 0 Å². The van der Waals surface area contributed by atoms with Gasteiger partial charge in [0.2, 0.25) is 5.91 Å². The SMILES string of the molecule is O=C(NCCCN1CCCC1=O)c1ccc2c(c1)N(Cc1cccc(Cl)c1)C(=O)c1ccccc1S2=O. The maximum atomic E-state index is 13.7. The largest absolute Gasteiger partial charge is 0.352 e. The average molecular weight is 536 g/mol. The topological polar surface area (TPSA) is 86.8 Å². The predicted molar refractivity (Wildman–Crippen MR) is 142 cm³/mol. The number of carbonyl (C=O) groups excluding carboxylic acids is 3. The monoisotopic (exact) mass is 535 g/mol. The molecule has 2 aliphatic heterocycles. The summed E-state index contributed by atoms with van der Waals surface area (Å²) in [7, 11) is -1.60. The van der Waals surface area contributed by atoms with Crippen LogP contribution in [-0.2, 0) is 22.1 Å². The highest BCUT2D eigenvalue weighted by Crippen LogP contribution is 2.36. The maximum Gasteiger partial charge on any atom is 0.259 e. The number of benzene rings is 3. The lowest BCUT2D eigenvalue weighted by Crippen LogP contribution is -2.32. The van der Waals surface area contributed by atoms with Gasteiger partial charge >= 0.3 is 0 Å². The lowest BCUT2D eigenvalue weighted by molar-refractivity contribution is -0.127. The van der Waals surface area contributed by atoms with E-state index in [2.05, 4.69) is 5.32 Å². The van der Waals surface area contributed by atoms with E-state index in [4.69, 9.17) is 11.6 Å². The molecule has 0 bridgehead atoms. The molecule has 3 aromatic carbocycles. The smallest absolute Gasteiger partial charge is 0.259 e. The van der Waals surface area contributed by atoms with Crippen molar-refractivity contribution in [3.8, 4) is 0 Å². The third-order valence-corrected chi connectivity index (χ3v) is 8.30. The summed E-state index contributed by atoms with van der Waals surface area (Å²) in [6.07, 6.45) is 2.13. The quantitative estimate of drug-likeness (QED) is 0.454. The summed E-state index contributed by atoms with van der Waals surface area (Å²) in [6, 6.07) is 19.0. The van der Waals surface area contributed by atoms with Gasteiger partial charge in [0.25, 0.3) is 11.8 Å². The fourth-order valence-corrected chi connectivity index (χ4v) is 6.25. The minimum absolute atomic E-state index is 0.163. The van der Waals surface area contributed by atoms with Crippen LogP contribution >= 0.6 is 11.6 Å². The van der Waals surface area contributed by atoms with Gasteiger partial charge in [0, 0.05) is 36.6 Å². The predicted octanol–water partition coefficient (Wildman–Crippen LogP) is 4.41. The van der Waals surface area contributed by atoms with E-state index in [9.17, 15) is 18.6 Å². The van der Waals surface area contributed by atoms with Gasteiger partial charge in [-0.1, -0.05) is 35.9 Å². The molecule has 0 aromatic heterocycles. The van der Waals surface area contributed by atoms with Gasteiger partial charge in [0.15, 0.2) is 0 Å². The Balaban J connectivity index is 1.42. The summed E-state index contributed by atoms with van der Waals surface area (Å²) in [6.45, 7) is 2.01. The van der Waals surface area contributed by atoms with Crippen molar-refractivity contribution in [2.24, 2.45) is 0 Å². The van der Waals surface area contributed by atoms with E-state index in [1.54, 1.807) is 59.5 Å². The highest BCUT2D eigenvalue weighted by Gasteiger charge is 2.31. The highest BCUT2D eigenvalue weighted by atomic mass is 35.5. The van der Waals surface area contributed by atoms with Gasteiger partial charge in [-0.2, -0.15) is 0 Å². The fraction of sp³-hybridized carbons (Fsp3) is 0.250.